The zero-order chi connectivity index (χ0) is 77.8. The number of carbonyl (C=O) groups is 4. The second-order valence-corrected chi connectivity index (χ2v) is 34.9. The van der Waals surface area contributed by atoms with Crippen LogP contribution in [0.2, 0.25) is 0 Å². The van der Waals surface area contributed by atoms with Crippen LogP contribution in [0.5, 0.6) is 0 Å². The zero-order valence-electron chi connectivity index (χ0n) is 69.7. The molecule has 0 aliphatic carbocycles. The molecular formula is C87H170O17P2. The lowest BCUT2D eigenvalue weighted by Gasteiger charge is -2.21. The number of unbranched alkanes of at least 4 members (excludes halogenated alkanes) is 55. The van der Waals surface area contributed by atoms with Crippen LogP contribution in [0.3, 0.4) is 0 Å². The highest BCUT2D eigenvalue weighted by molar-refractivity contribution is 7.47. The van der Waals surface area contributed by atoms with Crippen molar-refractivity contribution in [3.63, 3.8) is 0 Å². The number of rotatable bonds is 86. The van der Waals surface area contributed by atoms with E-state index in [2.05, 4.69) is 41.5 Å². The minimum atomic E-state index is -4.97. The highest BCUT2D eigenvalue weighted by Gasteiger charge is 2.30. The van der Waals surface area contributed by atoms with Crippen molar-refractivity contribution in [3.8, 4) is 0 Å². The number of esters is 4. The minimum absolute atomic E-state index is 0.108. The average molecular weight is 1550 g/mol. The largest absolute Gasteiger partial charge is 0.472 e. The molecule has 0 heterocycles. The first kappa shape index (κ1) is 104. The van der Waals surface area contributed by atoms with E-state index < -0.39 is 97.5 Å². The van der Waals surface area contributed by atoms with Crippen molar-refractivity contribution in [1.29, 1.82) is 0 Å². The number of ether oxygens (including phenoxy) is 4. The summed E-state index contributed by atoms with van der Waals surface area (Å²) < 4.78 is 68.9. The van der Waals surface area contributed by atoms with Gasteiger partial charge in [0.05, 0.1) is 26.4 Å². The quantitative estimate of drug-likeness (QED) is 0.0222. The number of carbonyl (C=O) groups excluding carboxylic acids is 4. The molecule has 0 rings (SSSR count). The smallest absolute Gasteiger partial charge is 0.462 e. The summed E-state index contributed by atoms with van der Waals surface area (Å²) >= 11 is 0. The van der Waals surface area contributed by atoms with Crippen molar-refractivity contribution in [3.05, 3.63) is 0 Å². The van der Waals surface area contributed by atoms with Gasteiger partial charge >= 0.3 is 39.5 Å². The Morgan fingerprint density at radius 3 is 0.717 bits per heavy atom. The molecule has 0 bridgehead atoms. The predicted molar refractivity (Wildman–Crippen MR) is 437 cm³/mol. The Morgan fingerprint density at radius 1 is 0.274 bits per heavy atom. The highest BCUT2D eigenvalue weighted by atomic mass is 31.2. The second-order valence-electron chi connectivity index (χ2n) is 32.0. The van der Waals surface area contributed by atoms with Crippen LogP contribution in [-0.4, -0.2) is 96.7 Å². The van der Waals surface area contributed by atoms with Gasteiger partial charge in [-0.3, -0.25) is 37.3 Å². The Labute approximate surface area is 651 Å². The van der Waals surface area contributed by atoms with Crippen LogP contribution >= 0.6 is 15.6 Å². The van der Waals surface area contributed by atoms with Crippen LogP contribution in [0.25, 0.3) is 0 Å². The molecule has 630 valence electrons. The topological polar surface area (TPSA) is 237 Å². The normalized spacial score (nSPS) is 14.1. The van der Waals surface area contributed by atoms with Crippen LogP contribution in [0, 0.1) is 11.8 Å². The van der Waals surface area contributed by atoms with E-state index in [0.717, 1.165) is 102 Å². The van der Waals surface area contributed by atoms with Crippen molar-refractivity contribution in [1.82, 2.24) is 0 Å². The molecule has 3 N–H and O–H groups in total. The summed E-state index contributed by atoms with van der Waals surface area (Å²) in [5.74, 6) is -0.502. The van der Waals surface area contributed by atoms with E-state index in [1.165, 1.54) is 283 Å². The number of hydrogen-bond donors (Lipinski definition) is 3. The van der Waals surface area contributed by atoms with Gasteiger partial charge in [-0.25, -0.2) is 9.13 Å². The lowest BCUT2D eigenvalue weighted by molar-refractivity contribution is -0.161. The molecule has 0 fully saturated rings. The van der Waals surface area contributed by atoms with E-state index in [-0.39, 0.29) is 25.7 Å². The summed E-state index contributed by atoms with van der Waals surface area (Å²) in [6.45, 7) is 9.72. The third kappa shape index (κ3) is 78.7. The Kier molecular flexibility index (Phi) is 76.9. The van der Waals surface area contributed by atoms with E-state index in [9.17, 15) is 43.2 Å². The Morgan fingerprint density at radius 2 is 0.481 bits per heavy atom. The summed E-state index contributed by atoms with van der Waals surface area (Å²) in [6.07, 6.45) is 70.8. The molecule has 0 amide bonds. The summed E-state index contributed by atoms with van der Waals surface area (Å²) in [5, 5.41) is 10.7. The predicted octanol–water partition coefficient (Wildman–Crippen LogP) is 26.6. The highest BCUT2D eigenvalue weighted by Crippen LogP contribution is 2.45. The fourth-order valence-electron chi connectivity index (χ4n) is 13.6. The number of aliphatic hydroxyl groups is 1. The van der Waals surface area contributed by atoms with Crippen LogP contribution in [0.15, 0.2) is 0 Å². The monoisotopic (exact) mass is 1550 g/mol. The third-order valence-corrected chi connectivity index (χ3v) is 22.7. The van der Waals surface area contributed by atoms with E-state index in [1.54, 1.807) is 0 Å². The van der Waals surface area contributed by atoms with Crippen molar-refractivity contribution in [2.75, 3.05) is 39.6 Å². The first-order valence-electron chi connectivity index (χ1n) is 45.0. The van der Waals surface area contributed by atoms with E-state index in [1.807, 2.05) is 0 Å². The molecule has 3 unspecified atom stereocenters. The second kappa shape index (κ2) is 78.3. The zero-order valence-corrected chi connectivity index (χ0v) is 71.5. The molecule has 0 aromatic heterocycles. The van der Waals surface area contributed by atoms with Crippen LogP contribution in [-0.2, 0) is 65.4 Å². The molecule has 0 aliphatic heterocycles. The van der Waals surface area contributed by atoms with Gasteiger partial charge < -0.3 is 33.8 Å². The van der Waals surface area contributed by atoms with E-state index in [4.69, 9.17) is 37.0 Å². The average Bonchev–Trinajstić information content (AvgIpc) is 0.936. The van der Waals surface area contributed by atoms with Gasteiger partial charge in [0.25, 0.3) is 0 Å². The molecule has 106 heavy (non-hydrogen) atoms. The van der Waals surface area contributed by atoms with Gasteiger partial charge in [0.1, 0.15) is 19.3 Å². The molecule has 0 aromatic rings. The SMILES string of the molecule is CCCCCCCCCCCCCCCCCCCCCC(=O)OC[C@H](COP(=O)(O)OC[C@@H](O)COP(=O)(O)OC[C@@H](COC(=O)CCCCCCCCCCC(C)CC)OC(=O)CCCCCCCCCCCCCCCC)OC(=O)CCCCCCCCCCCCCCCCCCCCC(C)C. The number of aliphatic hydroxyl groups excluding tert-OH is 1. The van der Waals surface area contributed by atoms with Gasteiger partial charge in [0, 0.05) is 25.7 Å². The van der Waals surface area contributed by atoms with Crippen molar-refractivity contribution in [2.24, 2.45) is 11.8 Å². The molecule has 0 aliphatic rings. The maximum absolute atomic E-state index is 13.2. The van der Waals surface area contributed by atoms with Crippen LogP contribution < -0.4 is 0 Å². The van der Waals surface area contributed by atoms with Crippen LogP contribution in [0.1, 0.15) is 465 Å². The number of phosphoric ester groups is 2. The minimum Gasteiger partial charge on any atom is -0.462 e. The summed E-state index contributed by atoms with van der Waals surface area (Å²) in [7, 11) is -9.93. The molecule has 6 atom stereocenters. The summed E-state index contributed by atoms with van der Waals surface area (Å²) in [6, 6.07) is 0. The molecule has 0 saturated carbocycles. The molecule has 0 saturated heterocycles. The maximum Gasteiger partial charge on any atom is 0.472 e. The fourth-order valence-corrected chi connectivity index (χ4v) is 15.1. The summed E-state index contributed by atoms with van der Waals surface area (Å²) in [4.78, 5) is 73.3. The molecule has 19 heteroatoms. The van der Waals surface area contributed by atoms with Gasteiger partial charge in [0.15, 0.2) is 12.2 Å². The lowest BCUT2D eigenvalue weighted by atomic mass is 9.99. The summed E-state index contributed by atoms with van der Waals surface area (Å²) in [5.41, 5.74) is 0. The van der Waals surface area contributed by atoms with Gasteiger partial charge in [-0.05, 0) is 37.5 Å². The fraction of sp³-hybridized carbons (Fsp3) is 0.954. The van der Waals surface area contributed by atoms with Gasteiger partial charge in [0.2, 0.25) is 0 Å². The van der Waals surface area contributed by atoms with E-state index >= 15 is 0 Å². The lowest BCUT2D eigenvalue weighted by Crippen LogP contribution is -2.30. The van der Waals surface area contributed by atoms with E-state index in [0.29, 0.717) is 25.7 Å². The Balaban J connectivity index is 5.24. The first-order chi connectivity index (χ1) is 51.4. The van der Waals surface area contributed by atoms with Gasteiger partial charge in [-0.2, -0.15) is 0 Å². The number of phosphoric acid groups is 2. The Bertz CT molecular complexity index is 2030. The Hall–Kier alpha value is -1.94. The van der Waals surface area contributed by atoms with Crippen molar-refractivity contribution < 1.29 is 80.2 Å². The molecule has 0 radical (unpaired) electrons. The molecule has 0 spiro atoms. The van der Waals surface area contributed by atoms with Crippen molar-refractivity contribution in [2.45, 2.75) is 484 Å². The molecular weight excluding hydrogens is 1380 g/mol. The maximum atomic E-state index is 13.2. The first-order valence-corrected chi connectivity index (χ1v) is 48.0. The van der Waals surface area contributed by atoms with Gasteiger partial charge in [-0.1, -0.05) is 414 Å². The van der Waals surface area contributed by atoms with Crippen LogP contribution in [0.4, 0.5) is 0 Å². The standard InChI is InChI=1S/C87H170O17P2/c1-7-10-12-14-16-18-20-22-24-25-26-30-33-37-40-44-51-57-63-69-84(89)97-75-82(103-87(92)72-66-60-54-46-42-38-34-31-28-27-29-32-35-39-43-49-55-61-67-79(4)5)77-101-105(93,94)99-73-81(88)74-100-106(95,96)102-78-83(76-98-85(90)70-64-58-52-48-47-50-56-62-68-80(6)9-3)104-86(91)71-65-59-53-45-41-36-23-21-19-17-15-13-11-8-2/h79-83,88H,7-78H2,1-6H3,(H,93,94)(H,95,96)/t80?,81-,82-,83-/m1/s1. The molecule has 17 nitrogen and oxygen atoms in total. The third-order valence-electron chi connectivity index (χ3n) is 20.8. The van der Waals surface area contributed by atoms with Crippen molar-refractivity contribution >= 4 is 39.5 Å². The van der Waals surface area contributed by atoms with Gasteiger partial charge in [-0.15, -0.1) is 0 Å². The molecule has 0 aromatic carbocycles. The number of hydrogen-bond acceptors (Lipinski definition) is 15.